The van der Waals surface area contributed by atoms with Gasteiger partial charge in [-0.1, -0.05) is 76.2 Å². The van der Waals surface area contributed by atoms with Gasteiger partial charge in [0.05, 0.1) is 0 Å². The van der Waals surface area contributed by atoms with Crippen LogP contribution in [0, 0.1) is 11.8 Å². The van der Waals surface area contributed by atoms with Crippen LogP contribution in [0.2, 0.25) is 0 Å². The number of hydrogen-bond acceptors (Lipinski definition) is 0. The van der Waals surface area contributed by atoms with E-state index in [4.69, 9.17) is 0 Å². The van der Waals surface area contributed by atoms with E-state index in [2.05, 4.69) is 48.6 Å². The Kier molecular flexibility index (Phi) is 4.42. The summed E-state index contributed by atoms with van der Waals surface area (Å²) in [5.41, 5.74) is 0. The van der Waals surface area contributed by atoms with Gasteiger partial charge in [0.15, 0.2) is 0 Å². The highest BCUT2D eigenvalue weighted by molar-refractivity contribution is 5.84. The van der Waals surface area contributed by atoms with Gasteiger partial charge in [-0.2, -0.15) is 0 Å². The van der Waals surface area contributed by atoms with Gasteiger partial charge in [-0.05, 0) is 39.5 Å². The van der Waals surface area contributed by atoms with Gasteiger partial charge in [-0.15, -0.1) is 0 Å². The molecule has 0 radical (unpaired) electrons. The van der Waals surface area contributed by atoms with Gasteiger partial charge in [0.25, 0.3) is 0 Å². The largest absolute Gasteiger partial charge is 0.0729 e. The zero-order valence-electron chi connectivity index (χ0n) is 12.5. The molecule has 2 aliphatic carbocycles. The molecule has 0 nitrogen and oxygen atoms in total. The zero-order valence-corrected chi connectivity index (χ0v) is 12.5. The van der Waals surface area contributed by atoms with E-state index in [9.17, 15) is 0 Å². The van der Waals surface area contributed by atoms with Crippen molar-refractivity contribution in [2.45, 2.75) is 34.1 Å². The van der Waals surface area contributed by atoms with Crippen LogP contribution in [-0.2, 0) is 0 Å². The maximum atomic E-state index is 2.47. The fraction of sp³-hybridized carbons (Fsp3) is 0.368. The van der Waals surface area contributed by atoms with Crippen molar-refractivity contribution in [1.29, 1.82) is 0 Å². The lowest BCUT2D eigenvalue weighted by Gasteiger charge is -2.03. The Morgan fingerprint density at radius 1 is 0.789 bits per heavy atom. The van der Waals surface area contributed by atoms with E-state index in [0.29, 0.717) is 0 Å². The minimum Gasteiger partial charge on any atom is -0.0729 e. The normalized spacial score (nSPS) is 21.3. The molecule has 2 atom stereocenters. The molecule has 2 aliphatic rings. The quantitative estimate of drug-likeness (QED) is 0.662. The minimum atomic E-state index is 0.836. The predicted molar refractivity (Wildman–Crippen MR) is 86.4 cm³/mol. The SMILES string of the molecule is C1=c2ccc3ccccc3c2=CC2CC12.CC.CC. The number of hydrogen-bond donors (Lipinski definition) is 0. The van der Waals surface area contributed by atoms with E-state index in [1.807, 2.05) is 27.7 Å². The molecule has 0 saturated heterocycles. The summed E-state index contributed by atoms with van der Waals surface area (Å²) in [6.07, 6.45) is 6.29. The Bertz CT molecular complexity index is 664. The van der Waals surface area contributed by atoms with Crippen LogP contribution in [0.25, 0.3) is 22.9 Å². The molecular weight excluding hydrogens is 228 g/mol. The molecule has 4 rings (SSSR count). The third kappa shape index (κ3) is 2.58. The highest BCUT2D eigenvalue weighted by atomic mass is 14.4. The number of benzene rings is 2. The van der Waals surface area contributed by atoms with E-state index in [-0.39, 0.29) is 0 Å². The molecule has 2 aromatic carbocycles. The standard InChI is InChI=1S/C15H12.2C2H6/c1-2-4-14-10(3-1)5-6-11-7-12-8-13(12)9-15(11)14;2*1-2/h1-7,9,12-13H,8H2;2*1-2H3. The van der Waals surface area contributed by atoms with Crippen molar-refractivity contribution in [1.82, 2.24) is 0 Å². The molecule has 0 spiro atoms. The summed E-state index contributed by atoms with van der Waals surface area (Å²) < 4.78 is 0. The smallest absolute Gasteiger partial charge is 0.0109 e. The molecule has 2 aromatic rings. The second-order valence-electron chi connectivity index (χ2n) is 4.69. The van der Waals surface area contributed by atoms with Crippen molar-refractivity contribution in [3.05, 3.63) is 46.8 Å². The molecule has 1 fully saturated rings. The highest BCUT2D eigenvalue weighted by Crippen LogP contribution is 2.42. The monoisotopic (exact) mass is 252 g/mol. The Labute approximate surface area is 116 Å². The maximum Gasteiger partial charge on any atom is -0.0109 e. The Morgan fingerprint density at radius 3 is 2.26 bits per heavy atom. The molecule has 0 aromatic heterocycles. The molecule has 0 bridgehead atoms. The van der Waals surface area contributed by atoms with E-state index >= 15 is 0 Å². The second-order valence-corrected chi connectivity index (χ2v) is 4.69. The van der Waals surface area contributed by atoms with Crippen LogP contribution in [0.4, 0.5) is 0 Å². The molecule has 0 N–H and O–H groups in total. The summed E-state index contributed by atoms with van der Waals surface area (Å²) in [5.74, 6) is 1.68. The molecular formula is C19H24. The average Bonchev–Trinajstić information content (AvgIpc) is 3.27. The molecule has 100 valence electrons. The average molecular weight is 252 g/mol. The van der Waals surface area contributed by atoms with Gasteiger partial charge >= 0.3 is 0 Å². The summed E-state index contributed by atoms with van der Waals surface area (Å²) >= 11 is 0. The summed E-state index contributed by atoms with van der Waals surface area (Å²) in [6, 6.07) is 13.2. The van der Waals surface area contributed by atoms with E-state index in [0.717, 1.165) is 11.8 Å². The lowest BCUT2D eigenvalue weighted by Crippen LogP contribution is -2.27. The zero-order chi connectivity index (χ0) is 13.8. The van der Waals surface area contributed by atoms with Crippen LogP contribution in [0.5, 0.6) is 0 Å². The fourth-order valence-corrected chi connectivity index (χ4v) is 2.71. The first-order valence-electron chi connectivity index (χ1n) is 7.63. The first kappa shape index (κ1) is 13.9. The molecule has 0 amide bonds. The van der Waals surface area contributed by atoms with Gasteiger partial charge in [-0.3, -0.25) is 0 Å². The lowest BCUT2D eigenvalue weighted by molar-refractivity contribution is 1.07. The summed E-state index contributed by atoms with van der Waals surface area (Å²) in [7, 11) is 0. The Hall–Kier alpha value is -1.56. The van der Waals surface area contributed by atoms with Gasteiger partial charge in [-0.25, -0.2) is 0 Å². The predicted octanol–water partition coefficient (Wildman–Crippen LogP) is 4.10. The molecule has 19 heavy (non-hydrogen) atoms. The Morgan fingerprint density at radius 2 is 1.47 bits per heavy atom. The van der Waals surface area contributed by atoms with Crippen molar-refractivity contribution in [2.75, 3.05) is 0 Å². The summed E-state index contributed by atoms with van der Waals surface area (Å²) in [6.45, 7) is 8.00. The van der Waals surface area contributed by atoms with Gasteiger partial charge < -0.3 is 0 Å². The number of fused-ring (bicyclic) bond motifs is 4. The van der Waals surface area contributed by atoms with Crippen LogP contribution < -0.4 is 10.4 Å². The maximum absolute atomic E-state index is 2.47. The highest BCUT2D eigenvalue weighted by Gasteiger charge is 2.34. The number of rotatable bonds is 0. The molecule has 0 heterocycles. The summed E-state index contributed by atoms with van der Waals surface area (Å²) in [4.78, 5) is 0. The van der Waals surface area contributed by atoms with Crippen molar-refractivity contribution in [2.24, 2.45) is 11.8 Å². The van der Waals surface area contributed by atoms with Crippen molar-refractivity contribution in [3.63, 3.8) is 0 Å². The molecule has 0 heteroatoms. The van der Waals surface area contributed by atoms with Gasteiger partial charge in [0.1, 0.15) is 0 Å². The van der Waals surface area contributed by atoms with Crippen LogP contribution in [0.1, 0.15) is 34.1 Å². The van der Waals surface area contributed by atoms with Crippen LogP contribution in [0.15, 0.2) is 36.4 Å². The third-order valence-corrected chi connectivity index (χ3v) is 3.67. The van der Waals surface area contributed by atoms with Gasteiger partial charge in [0, 0.05) is 0 Å². The summed E-state index contributed by atoms with van der Waals surface area (Å²) in [5, 5.41) is 5.68. The van der Waals surface area contributed by atoms with E-state index < -0.39 is 0 Å². The first-order valence-corrected chi connectivity index (χ1v) is 7.63. The second kappa shape index (κ2) is 6.06. The third-order valence-electron chi connectivity index (χ3n) is 3.67. The lowest BCUT2D eigenvalue weighted by atomic mass is 10.0. The Balaban J connectivity index is 0.000000308. The molecule has 0 aliphatic heterocycles. The van der Waals surface area contributed by atoms with E-state index in [1.165, 1.54) is 27.6 Å². The van der Waals surface area contributed by atoms with Crippen LogP contribution in [-0.4, -0.2) is 0 Å². The molecule has 2 unspecified atom stereocenters. The topological polar surface area (TPSA) is 0 Å². The van der Waals surface area contributed by atoms with Crippen molar-refractivity contribution < 1.29 is 0 Å². The van der Waals surface area contributed by atoms with Crippen LogP contribution in [0.3, 0.4) is 0 Å². The molecule has 1 saturated carbocycles. The van der Waals surface area contributed by atoms with Gasteiger partial charge in [0.2, 0.25) is 0 Å². The van der Waals surface area contributed by atoms with Crippen molar-refractivity contribution in [3.8, 4) is 0 Å². The van der Waals surface area contributed by atoms with E-state index in [1.54, 1.807) is 0 Å². The van der Waals surface area contributed by atoms with Crippen LogP contribution >= 0.6 is 0 Å². The fourth-order valence-electron chi connectivity index (χ4n) is 2.71. The van der Waals surface area contributed by atoms with Crippen molar-refractivity contribution >= 4 is 22.9 Å². The minimum absolute atomic E-state index is 0.836. The first-order chi connectivity index (χ1) is 9.42.